The minimum Gasteiger partial charge on any atom is -0.481 e. The first-order chi connectivity index (χ1) is 6.98. The number of aliphatic carboxylic acids is 1. The van der Waals surface area contributed by atoms with Gasteiger partial charge in [-0.1, -0.05) is 0 Å². The van der Waals surface area contributed by atoms with Crippen molar-refractivity contribution in [1.82, 2.24) is 10.2 Å². The van der Waals surface area contributed by atoms with E-state index in [0.717, 1.165) is 6.54 Å². The lowest BCUT2D eigenvalue weighted by Gasteiger charge is -2.19. The van der Waals surface area contributed by atoms with Gasteiger partial charge in [0.1, 0.15) is 0 Å². The number of hydrogen-bond donors (Lipinski definition) is 2. The van der Waals surface area contributed by atoms with Gasteiger partial charge in [-0.25, -0.2) is 0 Å². The molecule has 5 heteroatoms. The molecule has 0 aliphatic carbocycles. The molecule has 1 saturated heterocycles. The summed E-state index contributed by atoms with van der Waals surface area (Å²) >= 11 is 0. The normalized spacial score (nSPS) is 26.5. The number of hydrogen-bond acceptors (Lipinski definition) is 3. The molecule has 1 amide bonds. The molecular weight excluding hydrogens is 196 g/mol. The summed E-state index contributed by atoms with van der Waals surface area (Å²) in [5.41, 5.74) is -0.636. The highest BCUT2D eigenvalue weighted by atomic mass is 16.4. The zero-order valence-electron chi connectivity index (χ0n) is 9.25. The van der Waals surface area contributed by atoms with E-state index in [-0.39, 0.29) is 5.91 Å². The molecule has 15 heavy (non-hydrogen) atoms. The quantitative estimate of drug-likeness (QED) is 0.686. The zero-order valence-corrected chi connectivity index (χ0v) is 9.25. The van der Waals surface area contributed by atoms with Crippen molar-refractivity contribution in [2.75, 3.05) is 26.7 Å². The van der Waals surface area contributed by atoms with Gasteiger partial charge in [0.2, 0.25) is 5.91 Å². The number of amides is 1. The molecule has 1 atom stereocenters. The first-order valence-electron chi connectivity index (χ1n) is 5.14. The third kappa shape index (κ3) is 2.92. The molecule has 0 aromatic carbocycles. The molecule has 0 aromatic heterocycles. The fourth-order valence-corrected chi connectivity index (χ4v) is 1.81. The summed E-state index contributed by atoms with van der Waals surface area (Å²) in [6.07, 6.45) is 1.10. The minimum atomic E-state index is -0.745. The lowest BCUT2D eigenvalue weighted by Crippen LogP contribution is -2.33. The molecule has 1 unspecified atom stereocenters. The van der Waals surface area contributed by atoms with Crippen molar-refractivity contribution in [3.8, 4) is 0 Å². The number of nitrogens with one attached hydrogen (secondary N) is 1. The van der Waals surface area contributed by atoms with Crippen LogP contribution >= 0.6 is 0 Å². The molecule has 1 fully saturated rings. The van der Waals surface area contributed by atoms with Crippen molar-refractivity contribution < 1.29 is 14.7 Å². The highest BCUT2D eigenvalue weighted by Crippen LogP contribution is 2.29. The summed E-state index contributed by atoms with van der Waals surface area (Å²) in [5.74, 6) is -0.746. The Hall–Kier alpha value is -1.10. The summed E-state index contributed by atoms with van der Waals surface area (Å²) in [5, 5.41) is 11.6. The molecule has 5 nitrogen and oxygen atoms in total. The standard InChI is InChI=1S/C10H18N2O3/c1-10(9(14)15)4-6-12(7-10)5-3-8(13)11-2/h3-7H2,1-2H3,(H,11,13)(H,14,15). The summed E-state index contributed by atoms with van der Waals surface area (Å²) in [7, 11) is 1.60. The van der Waals surface area contributed by atoms with Crippen LogP contribution < -0.4 is 5.32 Å². The number of carbonyl (C=O) groups excluding carboxylic acids is 1. The van der Waals surface area contributed by atoms with Gasteiger partial charge in [0.25, 0.3) is 0 Å². The topological polar surface area (TPSA) is 69.6 Å². The molecule has 1 aliphatic heterocycles. The van der Waals surface area contributed by atoms with Crippen LogP contribution in [-0.2, 0) is 9.59 Å². The van der Waals surface area contributed by atoms with Crippen molar-refractivity contribution in [2.45, 2.75) is 19.8 Å². The third-order valence-electron chi connectivity index (χ3n) is 3.00. The molecule has 1 aliphatic rings. The van der Waals surface area contributed by atoms with E-state index >= 15 is 0 Å². The molecule has 0 saturated carbocycles. The number of rotatable bonds is 4. The van der Waals surface area contributed by atoms with E-state index in [1.807, 2.05) is 4.90 Å². The highest BCUT2D eigenvalue weighted by Gasteiger charge is 2.40. The van der Waals surface area contributed by atoms with Gasteiger partial charge in [0.05, 0.1) is 5.41 Å². The first-order valence-corrected chi connectivity index (χ1v) is 5.14. The van der Waals surface area contributed by atoms with Gasteiger partial charge in [0, 0.05) is 26.6 Å². The van der Waals surface area contributed by atoms with Crippen LogP contribution in [0.25, 0.3) is 0 Å². The fourth-order valence-electron chi connectivity index (χ4n) is 1.81. The van der Waals surface area contributed by atoms with Gasteiger partial charge in [-0.3, -0.25) is 9.59 Å². The second-order valence-corrected chi connectivity index (χ2v) is 4.32. The van der Waals surface area contributed by atoms with Crippen LogP contribution in [0.15, 0.2) is 0 Å². The van der Waals surface area contributed by atoms with E-state index in [0.29, 0.717) is 25.9 Å². The molecule has 2 N–H and O–H groups in total. The Kier molecular flexibility index (Phi) is 3.68. The maximum atomic E-state index is 11.0. The summed E-state index contributed by atoms with van der Waals surface area (Å²) in [4.78, 5) is 24.0. The van der Waals surface area contributed by atoms with Gasteiger partial charge < -0.3 is 15.3 Å². The Morgan fingerprint density at radius 2 is 2.20 bits per heavy atom. The summed E-state index contributed by atoms with van der Waals surface area (Å²) < 4.78 is 0. The molecule has 0 spiro atoms. The van der Waals surface area contributed by atoms with Gasteiger partial charge in [-0.2, -0.15) is 0 Å². The average Bonchev–Trinajstić information content (AvgIpc) is 2.58. The monoisotopic (exact) mass is 214 g/mol. The smallest absolute Gasteiger partial charge is 0.310 e. The van der Waals surface area contributed by atoms with Crippen molar-refractivity contribution in [2.24, 2.45) is 5.41 Å². The van der Waals surface area contributed by atoms with Crippen LogP contribution in [0.4, 0.5) is 0 Å². The second kappa shape index (κ2) is 4.61. The van der Waals surface area contributed by atoms with E-state index in [9.17, 15) is 9.59 Å². The Balaban J connectivity index is 2.37. The SMILES string of the molecule is CNC(=O)CCN1CCC(C)(C(=O)O)C1. The minimum absolute atomic E-state index is 0.000993. The Morgan fingerprint density at radius 1 is 1.53 bits per heavy atom. The van der Waals surface area contributed by atoms with Gasteiger partial charge >= 0.3 is 5.97 Å². The van der Waals surface area contributed by atoms with Gasteiger partial charge in [-0.05, 0) is 19.9 Å². The molecule has 0 bridgehead atoms. The van der Waals surface area contributed by atoms with E-state index in [1.54, 1.807) is 14.0 Å². The lowest BCUT2D eigenvalue weighted by molar-refractivity contribution is -0.147. The molecular formula is C10H18N2O3. The highest BCUT2D eigenvalue weighted by molar-refractivity contribution is 5.76. The van der Waals surface area contributed by atoms with Gasteiger partial charge in [0.15, 0.2) is 0 Å². The maximum Gasteiger partial charge on any atom is 0.310 e. The number of carboxylic acids is 1. The summed E-state index contributed by atoms with van der Waals surface area (Å²) in [6.45, 7) is 3.71. The predicted octanol–water partition coefficient (Wildman–Crippen LogP) is -0.0809. The molecule has 1 rings (SSSR count). The number of nitrogens with zero attached hydrogens (tertiary/aromatic N) is 1. The molecule has 0 aromatic rings. The van der Waals surface area contributed by atoms with Crippen molar-refractivity contribution >= 4 is 11.9 Å². The van der Waals surface area contributed by atoms with Crippen LogP contribution in [0.5, 0.6) is 0 Å². The van der Waals surface area contributed by atoms with Crippen molar-refractivity contribution in [3.63, 3.8) is 0 Å². The predicted molar refractivity (Wildman–Crippen MR) is 55.5 cm³/mol. The Bertz CT molecular complexity index is 267. The van der Waals surface area contributed by atoms with Crippen LogP contribution in [-0.4, -0.2) is 48.6 Å². The zero-order chi connectivity index (χ0) is 11.5. The Labute approximate surface area is 89.4 Å². The number of likely N-dealkylation sites (tertiary alicyclic amines) is 1. The van der Waals surface area contributed by atoms with E-state index < -0.39 is 11.4 Å². The molecule has 86 valence electrons. The number of carbonyl (C=O) groups is 2. The van der Waals surface area contributed by atoms with Crippen LogP contribution in [0.1, 0.15) is 19.8 Å². The van der Waals surface area contributed by atoms with Gasteiger partial charge in [-0.15, -0.1) is 0 Å². The largest absolute Gasteiger partial charge is 0.481 e. The third-order valence-corrected chi connectivity index (χ3v) is 3.00. The van der Waals surface area contributed by atoms with E-state index in [1.165, 1.54) is 0 Å². The second-order valence-electron chi connectivity index (χ2n) is 4.32. The van der Waals surface area contributed by atoms with Crippen molar-refractivity contribution in [3.05, 3.63) is 0 Å². The molecule has 1 heterocycles. The van der Waals surface area contributed by atoms with E-state index in [2.05, 4.69) is 5.32 Å². The summed E-state index contributed by atoms with van der Waals surface area (Å²) in [6, 6.07) is 0. The average molecular weight is 214 g/mol. The molecule has 0 radical (unpaired) electrons. The number of carboxylic acid groups (broad SMARTS) is 1. The lowest BCUT2D eigenvalue weighted by atomic mass is 9.90. The first kappa shape index (κ1) is 12.0. The maximum absolute atomic E-state index is 11.0. The Morgan fingerprint density at radius 3 is 2.67 bits per heavy atom. The van der Waals surface area contributed by atoms with Crippen LogP contribution in [0.3, 0.4) is 0 Å². The van der Waals surface area contributed by atoms with Crippen LogP contribution in [0, 0.1) is 5.41 Å². The fraction of sp³-hybridized carbons (Fsp3) is 0.800. The van der Waals surface area contributed by atoms with E-state index in [4.69, 9.17) is 5.11 Å². The van der Waals surface area contributed by atoms with Crippen molar-refractivity contribution in [1.29, 1.82) is 0 Å². The van der Waals surface area contributed by atoms with Crippen LogP contribution in [0.2, 0.25) is 0 Å².